The van der Waals surface area contributed by atoms with Gasteiger partial charge in [0.2, 0.25) is 5.91 Å². The number of allylic oxidation sites excluding steroid dienone is 2. The Labute approximate surface area is 192 Å². The van der Waals surface area contributed by atoms with E-state index in [2.05, 4.69) is 6.58 Å². The summed E-state index contributed by atoms with van der Waals surface area (Å²) in [5.74, 6) is 0.264. The van der Waals surface area contributed by atoms with E-state index < -0.39 is 4.92 Å². The smallest absolute Gasteiger partial charge is 0.269 e. The van der Waals surface area contributed by atoms with Gasteiger partial charge in [-0.05, 0) is 41.7 Å². The summed E-state index contributed by atoms with van der Waals surface area (Å²) in [5.41, 5.74) is 2.44. The number of ketones is 1. The highest BCUT2D eigenvalue weighted by molar-refractivity contribution is 6.07. The molecule has 2 aliphatic rings. The molecule has 0 saturated heterocycles. The monoisotopic (exact) mass is 446 g/mol. The van der Waals surface area contributed by atoms with Crippen molar-refractivity contribution in [3.63, 3.8) is 0 Å². The van der Waals surface area contributed by atoms with Crippen LogP contribution in [0.5, 0.6) is 5.75 Å². The fraction of sp³-hybridized carbons (Fsp3) is 0.308. The van der Waals surface area contributed by atoms with Gasteiger partial charge in [-0.1, -0.05) is 38.6 Å². The number of nitro groups is 1. The van der Waals surface area contributed by atoms with Gasteiger partial charge in [0.15, 0.2) is 5.78 Å². The molecular formula is C26H26N2O5. The van der Waals surface area contributed by atoms with Gasteiger partial charge in [0.25, 0.3) is 5.69 Å². The Morgan fingerprint density at radius 1 is 1.12 bits per heavy atom. The van der Waals surface area contributed by atoms with Gasteiger partial charge in [0, 0.05) is 47.8 Å². The summed E-state index contributed by atoms with van der Waals surface area (Å²) >= 11 is 0. The van der Waals surface area contributed by atoms with Crippen LogP contribution < -0.4 is 9.64 Å². The molecular weight excluding hydrogens is 420 g/mol. The van der Waals surface area contributed by atoms with Crippen LogP contribution in [0, 0.1) is 15.5 Å². The van der Waals surface area contributed by atoms with E-state index in [0.29, 0.717) is 42.2 Å². The van der Waals surface area contributed by atoms with Crippen LogP contribution in [0.2, 0.25) is 0 Å². The van der Waals surface area contributed by atoms with Crippen molar-refractivity contribution in [1.82, 2.24) is 0 Å². The Bertz CT molecular complexity index is 1150. The summed E-state index contributed by atoms with van der Waals surface area (Å²) in [6.07, 6.45) is 2.79. The second-order valence-electron chi connectivity index (χ2n) is 9.23. The molecule has 0 radical (unpaired) electrons. The first-order valence-corrected chi connectivity index (χ1v) is 10.9. The van der Waals surface area contributed by atoms with Crippen molar-refractivity contribution in [2.75, 3.05) is 11.5 Å². The molecule has 0 aromatic heterocycles. The van der Waals surface area contributed by atoms with E-state index in [-0.39, 0.29) is 35.1 Å². The van der Waals surface area contributed by atoms with E-state index in [1.54, 1.807) is 23.1 Å². The van der Waals surface area contributed by atoms with E-state index in [1.807, 2.05) is 38.1 Å². The van der Waals surface area contributed by atoms with E-state index >= 15 is 0 Å². The quantitative estimate of drug-likeness (QED) is 0.340. The molecule has 0 fully saturated rings. The fourth-order valence-electron chi connectivity index (χ4n) is 4.67. The lowest BCUT2D eigenvalue weighted by molar-refractivity contribution is -0.384. The summed E-state index contributed by atoms with van der Waals surface area (Å²) in [4.78, 5) is 38.9. The number of amides is 1. The zero-order valence-corrected chi connectivity index (χ0v) is 18.7. The number of Topliss-reactive ketones (excluding diaryl/α,β-unsaturated/α-hetero) is 1. The summed E-state index contributed by atoms with van der Waals surface area (Å²) in [6.45, 7) is 8.07. The number of ether oxygens (including phenoxy) is 1. The Balaban J connectivity index is 1.78. The molecule has 1 heterocycles. The number of carbonyl (C=O) groups is 2. The Kier molecular flexibility index (Phi) is 5.89. The molecule has 2 aromatic carbocycles. The zero-order valence-electron chi connectivity index (χ0n) is 18.7. The maximum Gasteiger partial charge on any atom is 0.269 e. The molecule has 0 saturated carbocycles. The number of rotatable bonds is 6. The van der Waals surface area contributed by atoms with Gasteiger partial charge in [0.1, 0.15) is 12.4 Å². The maximum absolute atomic E-state index is 13.4. The molecule has 33 heavy (non-hydrogen) atoms. The second kappa shape index (κ2) is 8.65. The minimum Gasteiger partial charge on any atom is -0.490 e. The number of benzene rings is 2. The predicted octanol–water partition coefficient (Wildman–Crippen LogP) is 5.32. The van der Waals surface area contributed by atoms with Gasteiger partial charge in [0.05, 0.1) is 4.92 Å². The van der Waals surface area contributed by atoms with E-state index in [4.69, 9.17) is 4.74 Å². The number of nitro benzene ring substituents is 1. The lowest BCUT2D eigenvalue weighted by Crippen LogP contribution is -2.43. The largest absolute Gasteiger partial charge is 0.490 e. The summed E-state index contributed by atoms with van der Waals surface area (Å²) < 4.78 is 5.55. The molecule has 1 aliphatic heterocycles. The maximum atomic E-state index is 13.4. The standard InChI is InChI=1S/C26H26N2O5/c1-4-13-33-20-11-5-17(6-12-20)21-14-24(30)27(18-7-9-19(10-8-18)28(31)32)22-15-26(2,3)16-23(29)25(21)22/h4-12,21H,1,13-16H2,2-3H3. The highest BCUT2D eigenvalue weighted by Crippen LogP contribution is 2.48. The van der Waals surface area contributed by atoms with Crippen LogP contribution in [-0.2, 0) is 9.59 Å². The summed E-state index contributed by atoms with van der Waals surface area (Å²) in [7, 11) is 0. The fourth-order valence-corrected chi connectivity index (χ4v) is 4.67. The normalized spacial score (nSPS) is 19.8. The highest BCUT2D eigenvalue weighted by Gasteiger charge is 2.44. The van der Waals surface area contributed by atoms with E-state index in [1.165, 1.54) is 12.1 Å². The molecule has 170 valence electrons. The Hall–Kier alpha value is -3.74. The van der Waals surface area contributed by atoms with Crippen LogP contribution in [0.4, 0.5) is 11.4 Å². The van der Waals surface area contributed by atoms with Gasteiger partial charge in [-0.2, -0.15) is 0 Å². The molecule has 1 unspecified atom stereocenters. The highest BCUT2D eigenvalue weighted by atomic mass is 16.6. The summed E-state index contributed by atoms with van der Waals surface area (Å²) in [5, 5.41) is 11.0. The topological polar surface area (TPSA) is 89.8 Å². The molecule has 0 N–H and O–H groups in total. The number of anilines is 1. The van der Waals surface area contributed by atoms with Gasteiger partial charge in [-0.25, -0.2) is 0 Å². The Morgan fingerprint density at radius 3 is 2.39 bits per heavy atom. The first-order chi connectivity index (χ1) is 15.7. The van der Waals surface area contributed by atoms with Crippen molar-refractivity contribution in [2.24, 2.45) is 5.41 Å². The number of carbonyl (C=O) groups excluding carboxylic acids is 2. The molecule has 1 atom stereocenters. The van der Waals surface area contributed by atoms with Crippen LogP contribution in [0.1, 0.15) is 44.6 Å². The molecule has 0 bridgehead atoms. The van der Waals surface area contributed by atoms with Gasteiger partial charge < -0.3 is 4.74 Å². The molecule has 0 spiro atoms. The first kappa shape index (κ1) is 22.5. The minimum atomic E-state index is -0.474. The molecule has 4 rings (SSSR count). The number of hydrogen-bond donors (Lipinski definition) is 0. The third-order valence-corrected chi connectivity index (χ3v) is 6.11. The molecule has 1 amide bonds. The summed E-state index contributed by atoms with van der Waals surface area (Å²) in [6, 6.07) is 13.4. The lowest BCUT2D eigenvalue weighted by Gasteiger charge is -2.43. The lowest BCUT2D eigenvalue weighted by atomic mass is 9.69. The van der Waals surface area contributed by atoms with Crippen molar-refractivity contribution in [3.05, 3.63) is 88.1 Å². The number of non-ortho nitro benzene ring substituents is 1. The minimum absolute atomic E-state index is 0.0395. The predicted molar refractivity (Wildman–Crippen MR) is 125 cm³/mol. The number of hydrogen-bond acceptors (Lipinski definition) is 5. The zero-order chi connectivity index (χ0) is 23.8. The molecule has 2 aromatic rings. The van der Waals surface area contributed by atoms with Gasteiger partial charge in [-0.15, -0.1) is 0 Å². The van der Waals surface area contributed by atoms with Gasteiger partial charge >= 0.3 is 0 Å². The van der Waals surface area contributed by atoms with Crippen molar-refractivity contribution in [1.29, 1.82) is 0 Å². The van der Waals surface area contributed by atoms with Crippen molar-refractivity contribution >= 4 is 23.1 Å². The third kappa shape index (κ3) is 4.44. The van der Waals surface area contributed by atoms with Crippen LogP contribution in [-0.4, -0.2) is 23.2 Å². The van der Waals surface area contributed by atoms with E-state index in [0.717, 1.165) is 5.56 Å². The number of nitrogens with zero attached hydrogens (tertiary/aromatic N) is 2. The average Bonchev–Trinajstić information content (AvgIpc) is 2.76. The SMILES string of the molecule is C=CCOc1ccc(C2CC(=O)N(c3ccc([N+](=O)[O-])cc3)C3=C2C(=O)CC(C)(C)C3)cc1. The average molecular weight is 447 g/mol. The van der Waals surface area contributed by atoms with Gasteiger partial charge in [-0.3, -0.25) is 24.6 Å². The Morgan fingerprint density at radius 2 is 1.79 bits per heavy atom. The third-order valence-electron chi connectivity index (χ3n) is 6.11. The van der Waals surface area contributed by atoms with Crippen LogP contribution >= 0.6 is 0 Å². The van der Waals surface area contributed by atoms with Crippen molar-refractivity contribution in [3.8, 4) is 5.75 Å². The van der Waals surface area contributed by atoms with E-state index in [9.17, 15) is 19.7 Å². The van der Waals surface area contributed by atoms with Crippen molar-refractivity contribution < 1.29 is 19.2 Å². The van der Waals surface area contributed by atoms with Crippen LogP contribution in [0.3, 0.4) is 0 Å². The van der Waals surface area contributed by atoms with Crippen LogP contribution in [0.15, 0.2) is 72.5 Å². The van der Waals surface area contributed by atoms with Crippen molar-refractivity contribution in [2.45, 2.75) is 39.0 Å². The van der Waals surface area contributed by atoms with Crippen LogP contribution in [0.25, 0.3) is 0 Å². The first-order valence-electron chi connectivity index (χ1n) is 10.9. The molecule has 1 aliphatic carbocycles. The molecule has 7 nitrogen and oxygen atoms in total. The molecule has 7 heteroatoms. The second-order valence-corrected chi connectivity index (χ2v) is 9.23.